The maximum absolute atomic E-state index is 5.88. The first-order chi connectivity index (χ1) is 7.66. The smallest absolute Gasteiger partial charge is 0.147 e. The molecule has 16 heavy (non-hydrogen) atoms. The number of rotatable bonds is 3. The quantitative estimate of drug-likeness (QED) is 0.819. The molecule has 0 unspecified atom stereocenters. The summed E-state index contributed by atoms with van der Waals surface area (Å²) in [5, 5.41) is 0.613. The van der Waals surface area contributed by atoms with Gasteiger partial charge in [-0.05, 0) is 19.1 Å². The number of imidazole rings is 1. The minimum absolute atomic E-state index is 0.423. The molecule has 84 valence electrons. The Bertz CT molecular complexity index is 476. The van der Waals surface area contributed by atoms with Crippen molar-refractivity contribution in [3.63, 3.8) is 0 Å². The van der Waals surface area contributed by atoms with E-state index in [0.29, 0.717) is 11.8 Å². The van der Waals surface area contributed by atoms with Crippen LogP contribution in [0.4, 0.5) is 0 Å². The average Bonchev–Trinajstić information content (AvgIpc) is 2.60. The maximum atomic E-state index is 5.88. The van der Waals surface area contributed by atoms with Crippen molar-refractivity contribution in [2.75, 3.05) is 0 Å². The number of halogens is 1. The number of hydrogen-bond donors (Lipinski definition) is 0. The molecule has 0 amide bonds. The van der Waals surface area contributed by atoms with Crippen LogP contribution < -0.4 is 4.74 Å². The van der Waals surface area contributed by atoms with Crippen LogP contribution in [0.2, 0.25) is 5.15 Å². The van der Waals surface area contributed by atoms with E-state index in [2.05, 4.69) is 4.98 Å². The number of aryl methyl sites for hydroxylation is 1. The second-order valence-corrected chi connectivity index (χ2v) is 4.05. The lowest BCUT2D eigenvalue weighted by atomic mass is 10.2. The fourth-order valence-corrected chi connectivity index (χ4v) is 1.49. The monoisotopic (exact) mass is 236 g/mol. The summed E-state index contributed by atoms with van der Waals surface area (Å²) in [7, 11) is 1.86. The number of benzene rings is 1. The molecule has 0 radical (unpaired) electrons. The highest BCUT2D eigenvalue weighted by Gasteiger charge is 2.04. The van der Waals surface area contributed by atoms with E-state index >= 15 is 0 Å². The molecule has 0 aliphatic rings. The van der Waals surface area contributed by atoms with Crippen LogP contribution in [-0.2, 0) is 13.7 Å². The molecule has 0 atom stereocenters. The predicted molar refractivity (Wildman–Crippen MR) is 63.7 cm³/mol. The topological polar surface area (TPSA) is 27.1 Å². The van der Waals surface area contributed by atoms with Gasteiger partial charge in [0.1, 0.15) is 23.3 Å². The van der Waals surface area contributed by atoms with Crippen molar-refractivity contribution in [1.29, 1.82) is 0 Å². The van der Waals surface area contributed by atoms with Gasteiger partial charge in [0.2, 0.25) is 0 Å². The zero-order chi connectivity index (χ0) is 11.5. The highest BCUT2D eigenvalue weighted by molar-refractivity contribution is 6.29. The van der Waals surface area contributed by atoms with Crippen LogP contribution in [0, 0.1) is 6.92 Å². The van der Waals surface area contributed by atoms with E-state index in [4.69, 9.17) is 16.3 Å². The molecule has 0 spiro atoms. The summed E-state index contributed by atoms with van der Waals surface area (Å²) < 4.78 is 7.40. The van der Waals surface area contributed by atoms with E-state index in [0.717, 1.165) is 11.6 Å². The van der Waals surface area contributed by atoms with Gasteiger partial charge in [-0.1, -0.05) is 29.3 Å². The van der Waals surface area contributed by atoms with E-state index in [1.54, 1.807) is 10.8 Å². The van der Waals surface area contributed by atoms with Gasteiger partial charge in [0.15, 0.2) is 0 Å². The third-order valence-electron chi connectivity index (χ3n) is 2.42. The van der Waals surface area contributed by atoms with Crippen LogP contribution in [0.1, 0.15) is 11.4 Å². The molecule has 2 rings (SSSR count). The molecule has 2 aromatic rings. The van der Waals surface area contributed by atoms with Crippen molar-refractivity contribution in [2.45, 2.75) is 13.5 Å². The van der Waals surface area contributed by atoms with Crippen LogP contribution in [0.25, 0.3) is 0 Å². The van der Waals surface area contributed by atoms with Crippen LogP contribution in [-0.4, -0.2) is 9.55 Å². The van der Waals surface area contributed by atoms with Crippen molar-refractivity contribution in [2.24, 2.45) is 7.05 Å². The molecule has 1 heterocycles. The van der Waals surface area contributed by atoms with Crippen molar-refractivity contribution in [1.82, 2.24) is 9.55 Å². The Kier molecular flexibility index (Phi) is 3.15. The van der Waals surface area contributed by atoms with Crippen molar-refractivity contribution >= 4 is 11.6 Å². The molecule has 0 saturated carbocycles. The van der Waals surface area contributed by atoms with Crippen molar-refractivity contribution < 1.29 is 4.74 Å². The van der Waals surface area contributed by atoms with Crippen LogP contribution >= 0.6 is 11.6 Å². The van der Waals surface area contributed by atoms with Crippen molar-refractivity contribution in [3.05, 3.63) is 47.0 Å². The molecule has 0 aliphatic carbocycles. The summed E-state index contributed by atoms with van der Waals surface area (Å²) in [4.78, 5) is 4.15. The minimum Gasteiger partial charge on any atom is -0.486 e. The Morgan fingerprint density at radius 3 is 2.56 bits per heavy atom. The van der Waals surface area contributed by atoms with E-state index < -0.39 is 0 Å². The number of nitrogens with zero attached hydrogens (tertiary/aromatic N) is 2. The van der Waals surface area contributed by atoms with Crippen LogP contribution in [0.5, 0.6) is 5.75 Å². The fraction of sp³-hybridized carbons (Fsp3) is 0.250. The summed E-state index contributed by atoms with van der Waals surface area (Å²) >= 11 is 5.88. The first kappa shape index (κ1) is 11.0. The van der Waals surface area contributed by atoms with Gasteiger partial charge in [0.05, 0.1) is 6.20 Å². The SMILES string of the molecule is Cc1ccc(OCc2ncc(Cl)n2C)cc1. The number of hydrogen-bond acceptors (Lipinski definition) is 2. The molecule has 0 bridgehead atoms. The maximum Gasteiger partial charge on any atom is 0.147 e. The Morgan fingerprint density at radius 2 is 2.00 bits per heavy atom. The molecule has 0 aliphatic heterocycles. The zero-order valence-corrected chi connectivity index (χ0v) is 10.0. The molecule has 0 N–H and O–H groups in total. The third kappa shape index (κ3) is 2.36. The van der Waals surface area contributed by atoms with E-state index in [1.807, 2.05) is 38.2 Å². The first-order valence-electron chi connectivity index (χ1n) is 5.02. The molecular weight excluding hydrogens is 224 g/mol. The molecular formula is C12H13ClN2O. The Balaban J connectivity index is 2.02. The largest absolute Gasteiger partial charge is 0.486 e. The normalized spacial score (nSPS) is 10.4. The summed E-state index contributed by atoms with van der Waals surface area (Å²) in [6.45, 7) is 2.47. The van der Waals surface area contributed by atoms with E-state index in [9.17, 15) is 0 Å². The summed E-state index contributed by atoms with van der Waals surface area (Å²) in [5.74, 6) is 1.65. The van der Waals surface area contributed by atoms with Gasteiger partial charge in [-0.15, -0.1) is 0 Å². The summed E-state index contributed by atoms with van der Waals surface area (Å²) in [6, 6.07) is 7.92. The highest BCUT2D eigenvalue weighted by atomic mass is 35.5. The third-order valence-corrected chi connectivity index (χ3v) is 2.77. The molecule has 3 nitrogen and oxygen atoms in total. The van der Waals surface area contributed by atoms with Crippen LogP contribution in [0.15, 0.2) is 30.5 Å². The summed E-state index contributed by atoms with van der Waals surface area (Å²) in [6.07, 6.45) is 1.62. The van der Waals surface area contributed by atoms with E-state index in [1.165, 1.54) is 5.56 Å². The van der Waals surface area contributed by atoms with E-state index in [-0.39, 0.29) is 0 Å². The molecule has 0 saturated heterocycles. The van der Waals surface area contributed by atoms with Gasteiger partial charge in [-0.2, -0.15) is 0 Å². The number of ether oxygens (including phenoxy) is 1. The fourth-order valence-electron chi connectivity index (χ4n) is 1.34. The Labute approximate surface area is 99.6 Å². The van der Waals surface area contributed by atoms with Gasteiger partial charge in [-0.3, -0.25) is 0 Å². The van der Waals surface area contributed by atoms with Gasteiger partial charge >= 0.3 is 0 Å². The van der Waals surface area contributed by atoms with Crippen LogP contribution in [0.3, 0.4) is 0 Å². The summed E-state index contributed by atoms with van der Waals surface area (Å²) in [5.41, 5.74) is 1.22. The Morgan fingerprint density at radius 1 is 1.31 bits per heavy atom. The molecule has 0 fully saturated rings. The van der Waals surface area contributed by atoms with Gasteiger partial charge in [-0.25, -0.2) is 4.98 Å². The average molecular weight is 237 g/mol. The molecule has 1 aromatic heterocycles. The van der Waals surface area contributed by atoms with Gasteiger partial charge in [0, 0.05) is 7.05 Å². The molecule has 1 aromatic carbocycles. The van der Waals surface area contributed by atoms with Gasteiger partial charge in [0.25, 0.3) is 0 Å². The lowest BCUT2D eigenvalue weighted by molar-refractivity contribution is 0.292. The highest BCUT2D eigenvalue weighted by Crippen LogP contribution is 2.14. The second kappa shape index (κ2) is 4.58. The predicted octanol–water partition coefficient (Wildman–Crippen LogP) is 2.96. The lowest BCUT2D eigenvalue weighted by Gasteiger charge is -2.06. The lowest BCUT2D eigenvalue weighted by Crippen LogP contribution is -2.03. The minimum atomic E-state index is 0.423. The molecule has 4 heteroatoms. The van der Waals surface area contributed by atoms with Gasteiger partial charge < -0.3 is 9.30 Å². The zero-order valence-electron chi connectivity index (χ0n) is 9.27. The Hall–Kier alpha value is -1.48. The number of aromatic nitrogens is 2. The second-order valence-electron chi connectivity index (χ2n) is 3.66. The first-order valence-corrected chi connectivity index (χ1v) is 5.40. The standard InChI is InChI=1S/C12H13ClN2O/c1-9-3-5-10(6-4-9)16-8-12-14-7-11(13)15(12)2/h3-7H,8H2,1-2H3. The van der Waals surface area contributed by atoms with Crippen molar-refractivity contribution in [3.8, 4) is 5.75 Å².